The van der Waals surface area contributed by atoms with Crippen LogP contribution in [0.2, 0.25) is 5.02 Å². The first-order valence-electron chi connectivity index (χ1n) is 4.49. The van der Waals surface area contributed by atoms with Gasteiger partial charge in [-0.1, -0.05) is 11.6 Å². The molecule has 0 aliphatic rings. The molecule has 1 N–H and O–H groups in total. The summed E-state index contributed by atoms with van der Waals surface area (Å²) in [5.74, 6) is 0. The Balaban J connectivity index is 2.86. The topological polar surface area (TPSA) is 37.8 Å². The molecule has 2 rings (SSSR count). The van der Waals surface area contributed by atoms with Gasteiger partial charge in [-0.2, -0.15) is 0 Å². The van der Waals surface area contributed by atoms with E-state index < -0.39 is 0 Å². The van der Waals surface area contributed by atoms with Crippen molar-refractivity contribution in [3.63, 3.8) is 0 Å². The number of nitrogens with zero attached hydrogens (tertiary/aromatic N) is 1. The quantitative estimate of drug-likeness (QED) is 0.772. The first-order chi connectivity index (χ1) is 6.59. The molecule has 74 valence electrons. The lowest BCUT2D eigenvalue weighted by atomic mass is 10.2. The van der Waals surface area contributed by atoms with Gasteiger partial charge in [0.05, 0.1) is 10.9 Å². The molecule has 0 spiro atoms. The number of aromatic nitrogens is 2. The van der Waals surface area contributed by atoms with Crippen molar-refractivity contribution in [3.8, 4) is 0 Å². The van der Waals surface area contributed by atoms with Crippen LogP contribution in [0, 0.1) is 0 Å². The molecule has 0 saturated carbocycles. The smallest absolute Gasteiger partial charge is 0.271 e. The fourth-order valence-corrected chi connectivity index (χ4v) is 1.70. The average Bonchev–Trinajstić information content (AvgIpc) is 2.43. The number of aromatic amines is 1. The van der Waals surface area contributed by atoms with E-state index in [-0.39, 0.29) is 11.6 Å². The number of benzene rings is 1. The number of H-pyrrole nitrogens is 1. The van der Waals surface area contributed by atoms with Gasteiger partial charge in [-0.15, -0.1) is 0 Å². The van der Waals surface area contributed by atoms with E-state index in [1.54, 1.807) is 18.2 Å². The molecule has 0 aliphatic heterocycles. The summed E-state index contributed by atoms with van der Waals surface area (Å²) in [4.78, 5) is 11.5. The van der Waals surface area contributed by atoms with Gasteiger partial charge < -0.3 is 0 Å². The molecule has 1 aromatic carbocycles. The van der Waals surface area contributed by atoms with Gasteiger partial charge >= 0.3 is 0 Å². The maximum atomic E-state index is 11.5. The summed E-state index contributed by atoms with van der Waals surface area (Å²) in [6.45, 7) is 4.02. The molecule has 0 unspecified atom stereocenters. The van der Waals surface area contributed by atoms with Crippen LogP contribution in [-0.2, 0) is 0 Å². The molecule has 4 heteroatoms. The molecular weight excluding hydrogens is 200 g/mol. The molecule has 0 bridgehead atoms. The van der Waals surface area contributed by atoms with E-state index in [4.69, 9.17) is 11.6 Å². The molecule has 0 saturated heterocycles. The zero-order chi connectivity index (χ0) is 10.3. The summed E-state index contributed by atoms with van der Waals surface area (Å²) < 4.78 is 1.82. The molecule has 1 heterocycles. The second-order valence-electron chi connectivity index (χ2n) is 3.57. The van der Waals surface area contributed by atoms with Crippen molar-refractivity contribution in [3.05, 3.63) is 33.6 Å². The van der Waals surface area contributed by atoms with Crippen molar-refractivity contribution in [2.75, 3.05) is 0 Å². The summed E-state index contributed by atoms with van der Waals surface area (Å²) in [5.41, 5.74) is 0.794. The Bertz CT molecular complexity index is 524. The van der Waals surface area contributed by atoms with E-state index in [1.165, 1.54) is 0 Å². The highest BCUT2D eigenvalue weighted by Gasteiger charge is 2.08. The lowest BCUT2D eigenvalue weighted by molar-refractivity contribution is 0.546. The molecule has 14 heavy (non-hydrogen) atoms. The largest absolute Gasteiger partial charge is 0.282 e. The van der Waals surface area contributed by atoms with Crippen molar-refractivity contribution in [1.29, 1.82) is 0 Å². The fraction of sp³-hybridized carbons (Fsp3) is 0.300. The van der Waals surface area contributed by atoms with E-state index >= 15 is 0 Å². The van der Waals surface area contributed by atoms with E-state index in [2.05, 4.69) is 5.10 Å². The predicted octanol–water partition coefficient (Wildman–Crippen LogP) is 2.56. The van der Waals surface area contributed by atoms with Crippen LogP contribution >= 0.6 is 11.6 Å². The molecule has 0 radical (unpaired) electrons. The van der Waals surface area contributed by atoms with Crippen molar-refractivity contribution in [2.24, 2.45) is 0 Å². The Morgan fingerprint density at radius 1 is 1.43 bits per heavy atom. The number of halogens is 1. The zero-order valence-electron chi connectivity index (χ0n) is 8.04. The highest BCUT2D eigenvalue weighted by atomic mass is 35.5. The SMILES string of the molecule is CC(C)n1[nH]c(=O)c2ccc(Cl)cc21. The van der Waals surface area contributed by atoms with E-state index in [1.807, 2.05) is 18.5 Å². The lowest BCUT2D eigenvalue weighted by Gasteiger charge is -2.07. The minimum atomic E-state index is -0.0645. The highest BCUT2D eigenvalue weighted by molar-refractivity contribution is 6.31. The van der Waals surface area contributed by atoms with Crippen molar-refractivity contribution >= 4 is 22.5 Å². The first-order valence-corrected chi connectivity index (χ1v) is 4.87. The summed E-state index contributed by atoms with van der Waals surface area (Å²) in [5, 5.41) is 4.11. The third-order valence-corrected chi connectivity index (χ3v) is 2.44. The molecule has 2 aromatic rings. The third-order valence-electron chi connectivity index (χ3n) is 2.20. The van der Waals surface area contributed by atoms with Crippen molar-refractivity contribution < 1.29 is 0 Å². The molecule has 0 atom stereocenters. The van der Waals surface area contributed by atoms with E-state index in [0.29, 0.717) is 10.4 Å². The minimum Gasteiger partial charge on any atom is -0.282 e. The van der Waals surface area contributed by atoms with Gasteiger partial charge in [0.25, 0.3) is 5.56 Å². The highest BCUT2D eigenvalue weighted by Crippen LogP contribution is 2.18. The van der Waals surface area contributed by atoms with Crippen LogP contribution in [0.1, 0.15) is 19.9 Å². The first kappa shape index (κ1) is 9.34. The maximum absolute atomic E-state index is 11.5. The average molecular weight is 211 g/mol. The van der Waals surface area contributed by atoms with Gasteiger partial charge in [0.15, 0.2) is 0 Å². The number of hydrogen-bond donors (Lipinski definition) is 1. The monoisotopic (exact) mass is 210 g/mol. The maximum Gasteiger partial charge on any atom is 0.271 e. The number of rotatable bonds is 1. The van der Waals surface area contributed by atoms with Gasteiger partial charge in [0.1, 0.15) is 0 Å². The lowest BCUT2D eigenvalue weighted by Crippen LogP contribution is -2.07. The van der Waals surface area contributed by atoms with Crippen LogP contribution in [0.5, 0.6) is 0 Å². The number of hydrogen-bond acceptors (Lipinski definition) is 1. The Kier molecular flexibility index (Phi) is 2.11. The van der Waals surface area contributed by atoms with Gasteiger partial charge in [0.2, 0.25) is 0 Å². The van der Waals surface area contributed by atoms with Gasteiger partial charge in [-0.3, -0.25) is 14.6 Å². The third kappa shape index (κ3) is 1.34. The van der Waals surface area contributed by atoms with Crippen molar-refractivity contribution in [2.45, 2.75) is 19.9 Å². The molecule has 0 amide bonds. The Hall–Kier alpha value is -1.22. The van der Waals surface area contributed by atoms with Crippen LogP contribution in [0.4, 0.5) is 0 Å². The predicted molar refractivity (Wildman–Crippen MR) is 58.0 cm³/mol. The van der Waals surface area contributed by atoms with Crippen LogP contribution < -0.4 is 5.56 Å². The normalized spacial score (nSPS) is 11.4. The number of fused-ring (bicyclic) bond motifs is 1. The fourth-order valence-electron chi connectivity index (χ4n) is 1.53. The molecule has 0 fully saturated rings. The Morgan fingerprint density at radius 3 is 2.79 bits per heavy atom. The Morgan fingerprint density at radius 2 is 2.14 bits per heavy atom. The minimum absolute atomic E-state index is 0.0645. The second kappa shape index (κ2) is 3.17. The van der Waals surface area contributed by atoms with Crippen LogP contribution in [0.25, 0.3) is 10.9 Å². The number of nitrogens with one attached hydrogen (secondary N) is 1. The standard InChI is InChI=1S/C10H11ClN2O/c1-6(2)13-9-5-7(11)3-4-8(9)10(14)12-13/h3-6H,1-2H3,(H,12,14). The van der Waals surface area contributed by atoms with Crippen molar-refractivity contribution in [1.82, 2.24) is 9.78 Å². The zero-order valence-corrected chi connectivity index (χ0v) is 8.80. The summed E-state index contributed by atoms with van der Waals surface area (Å²) in [6, 6.07) is 5.49. The summed E-state index contributed by atoms with van der Waals surface area (Å²) in [7, 11) is 0. The van der Waals surface area contributed by atoms with E-state index in [0.717, 1.165) is 5.52 Å². The van der Waals surface area contributed by atoms with E-state index in [9.17, 15) is 4.79 Å². The molecule has 1 aromatic heterocycles. The summed E-state index contributed by atoms with van der Waals surface area (Å²) in [6.07, 6.45) is 0. The summed E-state index contributed by atoms with van der Waals surface area (Å²) >= 11 is 5.88. The van der Waals surface area contributed by atoms with Crippen LogP contribution in [-0.4, -0.2) is 9.78 Å². The second-order valence-corrected chi connectivity index (χ2v) is 4.00. The van der Waals surface area contributed by atoms with Gasteiger partial charge in [0, 0.05) is 11.1 Å². The molecule has 3 nitrogen and oxygen atoms in total. The van der Waals surface area contributed by atoms with Gasteiger partial charge in [-0.05, 0) is 32.0 Å². The Labute approximate surface area is 86.3 Å². The van der Waals surface area contributed by atoms with Crippen LogP contribution in [0.15, 0.2) is 23.0 Å². The molecule has 0 aliphatic carbocycles. The molecular formula is C10H11ClN2O. The van der Waals surface area contributed by atoms with Gasteiger partial charge in [-0.25, -0.2) is 0 Å². The van der Waals surface area contributed by atoms with Crippen LogP contribution in [0.3, 0.4) is 0 Å².